The highest BCUT2D eigenvalue weighted by atomic mass is 79.9. The molecule has 1 aliphatic rings. The van der Waals surface area contributed by atoms with E-state index in [-0.39, 0.29) is 0 Å². The van der Waals surface area contributed by atoms with Crippen LogP contribution >= 0.6 is 15.9 Å². The van der Waals surface area contributed by atoms with Crippen LogP contribution in [0, 0.1) is 0 Å². The average Bonchev–Trinajstić information content (AvgIpc) is 3.16. The number of esters is 1. The highest BCUT2D eigenvalue weighted by Gasteiger charge is 2.28. The van der Waals surface area contributed by atoms with Crippen LogP contribution < -0.4 is 4.74 Å². The van der Waals surface area contributed by atoms with Crippen molar-refractivity contribution in [2.75, 3.05) is 13.7 Å². The van der Waals surface area contributed by atoms with Gasteiger partial charge in [-0.1, -0.05) is 5.21 Å². The summed E-state index contributed by atoms with van der Waals surface area (Å²) in [6, 6.07) is 5.63. The number of fused-ring (bicyclic) bond motifs is 5. The third kappa shape index (κ3) is 2.42. The van der Waals surface area contributed by atoms with E-state index >= 15 is 0 Å². The van der Waals surface area contributed by atoms with E-state index in [4.69, 9.17) is 9.47 Å². The molecule has 0 aliphatic carbocycles. The van der Waals surface area contributed by atoms with Gasteiger partial charge in [-0.25, -0.2) is 14.5 Å². The van der Waals surface area contributed by atoms with Gasteiger partial charge in [-0.3, -0.25) is 4.57 Å². The minimum Gasteiger partial charge on any atom is -0.497 e. The summed E-state index contributed by atoms with van der Waals surface area (Å²) in [6.07, 6.45) is 2.05. The molecule has 0 saturated carbocycles. The van der Waals surface area contributed by atoms with Crippen LogP contribution in [-0.4, -0.2) is 44.2 Å². The first-order valence-corrected chi connectivity index (χ1v) is 8.45. The van der Waals surface area contributed by atoms with E-state index < -0.39 is 5.97 Å². The normalized spacial score (nSPS) is 12.0. The van der Waals surface area contributed by atoms with Gasteiger partial charge in [0.2, 0.25) is 0 Å². The lowest BCUT2D eigenvalue weighted by Gasteiger charge is -2.11. The minimum absolute atomic E-state index is 0.294. The van der Waals surface area contributed by atoms with Crippen molar-refractivity contribution in [2.24, 2.45) is 0 Å². The van der Waals surface area contributed by atoms with Crippen LogP contribution in [0.4, 0.5) is 0 Å². The molecule has 8 nitrogen and oxygen atoms in total. The van der Waals surface area contributed by atoms with Crippen molar-refractivity contribution in [3.8, 4) is 17.1 Å². The minimum atomic E-state index is -0.441. The fourth-order valence-corrected chi connectivity index (χ4v) is 3.29. The number of hydrogen-bond acceptors (Lipinski definition) is 6. The summed E-state index contributed by atoms with van der Waals surface area (Å²) in [4.78, 5) is 16.5. The molecule has 0 atom stereocenters. The van der Waals surface area contributed by atoms with Crippen molar-refractivity contribution in [1.29, 1.82) is 0 Å². The maximum Gasteiger partial charge on any atom is 0.358 e. The van der Waals surface area contributed by atoms with E-state index in [9.17, 15) is 4.79 Å². The standard InChI is InChI=1S/C16H14BrN5O3/c1-3-25-16(23)14-12-7-13-15(17)19-20-22(13)11-6-9(24-2)4-5-10(11)21(12)8-18-14/h4-6,8H,3,7H2,1-2H3. The molecule has 0 bridgehead atoms. The Morgan fingerprint density at radius 1 is 1.32 bits per heavy atom. The maximum atomic E-state index is 12.3. The molecule has 0 radical (unpaired) electrons. The number of methoxy groups -OCH3 is 1. The molecule has 1 aliphatic heterocycles. The fraction of sp³-hybridized carbons (Fsp3) is 0.250. The van der Waals surface area contributed by atoms with Gasteiger partial charge in [-0.15, -0.1) is 5.10 Å². The molecule has 0 amide bonds. The van der Waals surface area contributed by atoms with Gasteiger partial charge in [0.1, 0.15) is 12.1 Å². The first-order valence-electron chi connectivity index (χ1n) is 7.66. The first-order chi connectivity index (χ1) is 12.1. The van der Waals surface area contributed by atoms with Crippen LogP contribution in [0.2, 0.25) is 0 Å². The molecule has 0 N–H and O–H groups in total. The lowest BCUT2D eigenvalue weighted by Crippen LogP contribution is -2.10. The van der Waals surface area contributed by atoms with Crippen molar-refractivity contribution in [1.82, 2.24) is 24.5 Å². The van der Waals surface area contributed by atoms with Crippen LogP contribution in [0.3, 0.4) is 0 Å². The van der Waals surface area contributed by atoms with E-state index in [1.54, 1.807) is 25.0 Å². The quantitative estimate of drug-likeness (QED) is 0.488. The van der Waals surface area contributed by atoms with Gasteiger partial charge in [-0.2, -0.15) is 0 Å². The number of imidazole rings is 1. The molecule has 2 aromatic heterocycles. The lowest BCUT2D eigenvalue weighted by molar-refractivity contribution is 0.0519. The fourth-order valence-electron chi connectivity index (χ4n) is 2.91. The average molecular weight is 404 g/mol. The second kappa shape index (κ2) is 5.99. The molecule has 0 unspecified atom stereocenters. The van der Waals surface area contributed by atoms with Gasteiger partial charge in [-0.05, 0) is 35.0 Å². The molecule has 0 spiro atoms. The number of carbonyl (C=O) groups is 1. The second-order valence-corrected chi connectivity index (χ2v) is 6.15. The number of carbonyl (C=O) groups excluding carboxylic acids is 1. The molecule has 3 aromatic rings. The van der Waals surface area contributed by atoms with Gasteiger partial charge < -0.3 is 9.47 Å². The second-order valence-electron chi connectivity index (χ2n) is 5.40. The molecule has 128 valence electrons. The van der Waals surface area contributed by atoms with Gasteiger partial charge >= 0.3 is 5.97 Å². The Hall–Kier alpha value is -2.68. The predicted molar refractivity (Wildman–Crippen MR) is 91.5 cm³/mol. The van der Waals surface area contributed by atoms with Crippen LogP contribution in [0.5, 0.6) is 5.75 Å². The first kappa shape index (κ1) is 15.8. The highest BCUT2D eigenvalue weighted by Crippen LogP contribution is 2.33. The van der Waals surface area contributed by atoms with Gasteiger partial charge in [0.05, 0.1) is 36.5 Å². The zero-order chi connectivity index (χ0) is 17.6. The van der Waals surface area contributed by atoms with Crippen LogP contribution in [0.1, 0.15) is 28.8 Å². The summed E-state index contributed by atoms with van der Waals surface area (Å²) in [5.41, 5.74) is 3.46. The van der Waals surface area contributed by atoms with Crippen molar-refractivity contribution in [2.45, 2.75) is 13.3 Å². The van der Waals surface area contributed by atoms with E-state index in [0.29, 0.717) is 29.1 Å². The predicted octanol–water partition coefficient (Wildman–Crippen LogP) is 2.30. The molecular formula is C16H14BrN5O3. The number of nitrogens with zero attached hydrogens (tertiary/aromatic N) is 5. The number of rotatable bonds is 3. The van der Waals surface area contributed by atoms with Crippen LogP contribution in [0.25, 0.3) is 11.4 Å². The Kier molecular flexibility index (Phi) is 3.79. The lowest BCUT2D eigenvalue weighted by atomic mass is 10.2. The summed E-state index contributed by atoms with van der Waals surface area (Å²) >= 11 is 3.44. The SMILES string of the molecule is CCOC(=O)c1ncn2c1Cc1c(Br)nnn1-c1cc(OC)ccc1-2. The van der Waals surface area contributed by atoms with E-state index in [1.807, 2.05) is 22.8 Å². The van der Waals surface area contributed by atoms with Crippen molar-refractivity contribution >= 4 is 21.9 Å². The van der Waals surface area contributed by atoms with Crippen molar-refractivity contribution in [3.05, 3.63) is 46.2 Å². The van der Waals surface area contributed by atoms with Crippen molar-refractivity contribution < 1.29 is 14.3 Å². The number of ether oxygens (including phenoxy) is 2. The largest absolute Gasteiger partial charge is 0.497 e. The van der Waals surface area contributed by atoms with E-state index in [1.165, 1.54) is 0 Å². The Labute approximate surface area is 151 Å². The zero-order valence-corrected chi connectivity index (χ0v) is 15.1. The smallest absolute Gasteiger partial charge is 0.358 e. The molecule has 4 rings (SSSR count). The summed E-state index contributed by atoms with van der Waals surface area (Å²) in [6.45, 7) is 2.06. The zero-order valence-electron chi connectivity index (χ0n) is 13.6. The molecular weight excluding hydrogens is 390 g/mol. The monoisotopic (exact) mass is 403 g/mol. The number of halogens is 1. The van der Waals surface area contributed by atoms with Gasteiger partial charge in [0.15, 0.2) is 10.3 Å². The van der Waals surface area contributed by atoms with E-state index in [2.05, 4.69) is 31.2 Å². The summed E-state index contributed by atoms with van der Waals surface area (Å²) in [5, 5.41) is 8.33. The van der Waals surface area contributed by atoms with Gasteiger partial charge in [0.25, 0.3) is 0 Å². The summed E-state index contributed by atoms with van der Waals surface area (Å²) in [7, 11) is 1.61. The molecule has 3 heterocycles. The Morgan fingerprint density at radius 3 is 2.92 bits per heavy atom. The van der Waals surface area contributed by atoms with Crippen LogP contribution in [-0.2, 0) is 11.2 Å². The molecule has 25 heavy (non-hydrogen) atoms. The molecule has 1 aromatic carbocycles. The maximum absolute atomic E-state index is 12.3. The van der Waals surface area contributed by atoms with Gasteiger partial charge in [0, 0.05) is 12.5 Å². The third-order valence-corrected chi connectivity index (χ3v) is 4.67. The molecule has 0 saturated heterocycles. The Morgan fingerprint density at radius 2 is 2.16 bits per heavy atom. The Bertz CT molecular complexity index is 978. The summed E-state index contributed by atoms with van der Waals surface area (Å²) in [5.74, 6) is 0.258. The number of benzene rings is 1. The summed E-state index contributed by atoms with van der Waals surface area (Å²) < 4.78 is 14.7. The van der Waals surface area contributed by atoms with Crippen molar-refractivity contribution in [3.63, 3.8) is 0 Å². The number of aromatic nitrogens is 5. The molecule has 9 heteroatoms. The Balaban J connectivity index is 1.98. The van der Waals surface area contributed by atoms with Crippen LogP contribution in [0.15, 0.2) is 29.1 Å². The third-order valence-electron chi connectivity index (χ3n) is 4.06. The van der Waals surface area contributed by atoms with E-state index in [0.717, 1.165) is 22.8 Å². The number of hydrogen-bond donors (Lipinski definition) is 0. The molecule has 0 fully saturated rings. The topological polar surface area (TPSA) is 84.1 Å². The highest BCUT2D eigenvalue weighted by molar-refractivity contribution is 9.10.